The zero-order valence-electron chi connectivity index (χ0n) is 10.00. The van der Waals surface area contributed by atoms with Gasteiger partial charge in [-0.05, 0) is 45.6 Å². The minimum absolute atomic E-state index is 0.00708. The molecule has 3 nitrogen and oxygen atoms in total. The average molecular weight is 212 g/mol. The zero-order valence-corrected chi connectivity index (χ0v) is 10.00. The van der Waals surface area contributed by atoms with Crippen LogP contribution in [0.15, 0.2) is 0 Å². The van der Waals surface area contributed by atoms with Crippen LogP contribution in [0.1, 0.15) is 33.1 Å². The molecule has 2 fully saturated rings. The molecule has 15 heavy (non-hydrogen) atoms. The summed E-state index contributed by atoms with van der Waals surface area (Å²) in [5.74, 6) is 0.890. The molecule has 0 aromatic heterocycles. The van der Waals surface area contributed by atoms with Gasteiger partial charge in [0.2, 0.25) is 0 Å². The van der Waals surface area contributed by atoms with Crippen molar-refractivity contribution >= 4 is 0 Å². The van der Waals surface area contributed by atoms with E-state index < -0.39 is 0 Å². The summed E-state index contributed by atoms with van der Waals surface area (Å²) in [7, 11) is 0. The lowest BCUT2D eigenvalue weighted by atomic mass is 9.99. The van der Waals surface area contributed by atoms with Crippen molar-refractivity contribution in [2.75, 3.05) is 26.2 Å². The standard InChI is InChI=1S/C12H24N2O/c1-10(2)14-6-5-12(8-14,9-15)13-7-11-3-4-11/h10-11,13,15H,3-9H2,1-2H3. The first-order valence-corrected chi connectivity index (χ1v) is 6.25. The van der Waals surface area contributed by atoms with Crippen molar-refractivity contribution in [2.24, 2.45) is 5.92 Å². The summed E-state index contributed by atoms with van der Waals surface area (Å²) in [5, 5.41) is 13.2. The summed E-state index contributed by atoms with van der Waals surface area (Å²) in [6.45, 7) is 7.97. The van der Waals surface area contributed by atoms with E-state index in [1.54, 1.807) is 0 Å². The summed E-state index contributed by atoms with van der Waals surface area (Å²) < 4.78 is 0. The number of likely N-dealkylation sites (tertiary alicyclic amines) is 1. The van der Waals surface area contributed by atoms with Crippen molar-refractivity contribution in [3.63, 3.8) is 0 Å². The van der Waals surface area contributed by atoms with Crippen LogP contribution < -0.4 is 5.32 Å². The number of hydrogen-bond donors (Lipinski definition) is 2. The van der Waals surface area contributed by atoms with Crippen LogP contribution in [0.5, 0.6) is 0 Å². The number of rotatable bonds is 5. The van der Waals surface area contributed by atoms with Crippen LogP contribution in [-0.4, -0.2) is 47.8 Å². The number of aliphatic hydroxyl groups excluding tert-OH is 1. The maximum atomic E-state index is 9.56. The van der Waals surface area contributed by atoms with Crippen molar-refractivity contribution in [1.82, 2.24) is 10.2 Å². The van der Waals surface area contributed by atoms with E-state index in [4.69, 9.17) is 0 Å². The Bertz CT molecular complexity index is 216. The quantitative estimate of drug-likeness (QED) is 0.708. The highest BCUT2D eigenvalue weighted by atomic mass is 16.3. The van der Waals surface area contributed by atoms with Gasteiger partial charge in [0.25, 0.3) is 0 Å². The van der Waals surface area contributed by atoms with E-state index >= 15 is 0 Å². The molecule has 1 aliphatic heterocycles. The van der Waals surface area contributed by atoms with Gasteiger partial charge in [0.1, 0.15) is 0 Å². The van der Waals surface area contributed by atoms with Gasteiger partial charge in [-0.15, -0.1) is 0 Å². The summed E-state index contributed by atoms with van der Waals surface area (Å²) >= 11 is 0. The van der Waals surface area contributed by atoms with Gasteiger partial charge < -0.3 is 10.4 Å². The predicted molar refractivity (Wildman–Crippen MR) is 61.9 cm³/mol. The Morgan fingerprint density at radius 2 is 2.20 bits per heavy atom. The number of aliphatic hydroxyl groups is 1. The smallest absolute Gasteiger partial charge is 0.0626 e. The molecule has 1 aliphatic carbocycles. The molecule has 0 amide bonds. The van der Waals surface area contributed by atoms with Crippen LogP contribution in [-0.2, 0) is 0 Å². The van der Waals surface area contributed by atoms with Crippen molar-refractivity contribution < 1.29 is 5.11 Å². The molecule has 88 valence electrons. The molecule has 1 saturated heterocycles. The van der Waals surface area contributed by atoms with Gasteiger partial charge >= 0.3 is 0 Å². The molecule has 1 atom stereocenters. The molecule has 2 N–H and O–H groups in total. The van der Waals surface area contributed by atoms with Gasteiger partial charge in [0.15, 0.2) is 0 Å². The fourth-order valence-electron chi connectivity index (χ4n) is 2.36. The van der Waals surface area contributed by atoms with Gasteiger partial charge in [-0.25, -0.2) is 0 Å². The van der Waals surface area contributed by atoms with Crippen LogP contribution in [0.25, 0.3) is 0 Å². The van der Waals surface area contributed by atoms with Crippen molar-refractivity contribution in [2.45, 2.75) is 44.7 Å². The Morgan fingerprint density at radius 1 is 1.47 bits per heavy atom. The van der Waals surface area contributed by atoms with E-state index in [0.29, 0.717) is 6.04 Å². The van der Waals surface area contributed by atoms with Crippen molar-refractivity contribution in [1.29, 1.82) is 0 Å². The largest absolute Gasteiger partial charge is 0.394 e. The fraction of sp³-hybridized carbons (Fsp3) is 1.00. The van der Waals surface area contributed by atoms with Crippen LogP contribution in [0.4, 0.5) is 0 Å². The van der Waals surface area contributed by atoms with Gasteiger partial charge in [-0.3, -0.25) is 4.90 Å². The monoisotopic (exact) mass is 212 g/mol. The highest BCUT2D eigenvalue weighted by Crippen LogP contribution is 2.30. The third-order valence-electron chi connectivity index (χ3n) is 3.88. The maximum absolute atomic E-state index is 9.56. The van der Waals surface area contributed by atoms with Crippen LogP contribution in [0.2, 0.25) is 0 Å². The van der Waals surface area contributed by atoms with E-state index in [-0.39, 0.29) is 12.1 Å². The fourth-order valence-corrected chi connectivity index (χ4v) is 2.36. The van der Waals surface area contributed by atoms with Crippen LogP contribution in [0, 0.1) is 5.92 Å². The molecule has 0 aromatic carbocycles. The summed E-state index contributed by atoms with van der Waals surface area (Å²) in [6.07, 6.45) is 3.85. The summed E-state index contributed by atoms with van der Waals surface area (Å²) in [6, 6.07) is 0.598. The third kappa shape index (κ3) is 2.71. The summed E-state index contributed by atoms with van der Waals surface area (Å²) in [5.41, 5.74) is -0.00708. The Kier molecular flexibility index (Phi) is 3.33. The lowest BCUT2D eigenvalue weighted by molar-refractivity contribution is 0.152. The first kappa shape index (κ1) is 11.4. The van der Waals surface area contributed by atoms with Gasteiger partial charge in [0, 0.05) is 19.1 Å². The van der Waals surface area contributed by atoms with Gasteiger partial charge in [0.05, 0.1) is 12.1 Å². The Balaban J connectivity index is 1.85. The molecule has 1 unspecified atom stereocenters. The van der Waals surface area contributed by atoms with E-state index in [2.05, 4.69) is 24.1 Å². The minimum Gasteiger partial charge on any atom is -0.394 e. The Labute approximate surface area is 92.8 Å². The number of nitrogens with zero attached hydrogens (tertiary/aromatic N) is 1. The molecule has 3 heteroatoms. The highest BCUT2D eigenvalue weighted by molar-refractivity contribution is 4.98. The molecular weight excluding hydrogens is 188 g/mol. The molecule has 2 aliphatic rings. The van der Waals surface area contributed by atoms with E-state index in [1.807, 2.05) is 0 Å². The normalized spacial score (nSPS) is 32.8. The van der Waals surface area contributed by atoms with E-state index in [1.165, 1.54) is 12.8 Å². The molecule has 0 spiro atoms. The van der Waals surface area contributed by atoms with Crippen molar-refractivity contribution in [3.05, 3.63) is 0 Å². The second-order valence-corrected chi connectivity index (χ2v) is 5.58. The molecular formula is C12H24N2O. The highest BCUT2D eigenvalue weighted by Gasteiger charge is 2.39. The van der Waals surface area contributed by atoms with E-state index in [9.17, 15) is 5.11 Å². The molecule has 0 radical (unpaired) electrons. The molecule has 1 heterocycles. The molecule has 2 rings (SSSR count). The van der Waals surface area contributed by atoms with Crippen LogP contribution in [0.3, 0.4) is 0 Å². The Morgan fingerprint density at radius 3 is 2.67 bits per heavy atom. The van der Waals surface area contributed by atoms with Crippen molar-refractivity contribution in [3.8, 4) is 0 Å². The topological polar surface area (TPSA) is 35.5 Å². The SMILES string of the molecule is CC(C)N1CCC(CO)(NCC2CC2)C1. The average Bonchev–Trinajstić information content (AvgIpc) is 2.95. The van der Waals surface area contributed by atoms with Gasteiger partial charge in [-0.1, -0.05) is 0 Å². The Hall–Kier alpha value is -0.120. The lowest BCUT2D eigenvalue weighted by Gasteiger charge is -2.30. The number of hydrogen-bond acceptors (Lipinski definition) is 3. The zero-order chi connectivity index (χ0) is 10.9. The molecule has 1 saturated carbocycles. The predicted octanol–water partition coefficient (Wildman–Crippen LogP) is 0.831. The third-order valence-corrected chi connectivity index (χ3v) is 3.88. The lowest BCUT2D eigenvalue weighted by Crippen LogP contribution is -2.51. The summed E-state index contributed by atoms with van der Waals surface area (Å²) in [4.78, 5) is 2.45. The first-order chi connectivity index (χ1) is 7.15. The number of nitrogens with one attached hydrogen (secondary N) is 1. The second-order valence-electron chi connectivity index (χ2n) is 5.58. The van der Waals surface area contributed by atoms with Gasteiger partial charge in [-0.2, -0.15) is 0 Å². The minimum atomic E-state index is -0.00708. The molecule has 0 bridgehead atoms. The maximum Gasteiger partial charge on any atom is 0.0626 e. The first-order valence-electron chi connectivity index (χ1n) is 6.25. The van der Waals surface area contributed by atoms with Crippen LogP contribution >= 0.6 is 0 Å². The molecule has 0 aromatic rings. The second kappa shape index (κ2) is 4.40. The van der Waals surface area contributed by atoms with E-state index in [0.717, 1.165) is 32.0 Å².